The van der Waals surface area contributed by atoms with Gasteiger partial charge in [-0.3, -0.25) is 4.79 Å². The zero-order chi connectivity index (χ0) is 12.8. The molecule has 0 saturated carbocycles. The van der Waals surface area contributed by atoms with Gasteiger partial charge in [-0.1, -0.05) is 6.07 Å². The normalized spacial score (nSPS) is 12.2. The molecule has 1 rings (SSSR count). The topological polar surface area (TPSA) is 75.4 Å². The van der Waals surface area contributed by atoms with Crippen LogP contribution in [-0.2, 0) is 0 Å². The minimum absolute atomic E-state index is 0.111. The molecule has 4 nitrogen and oxygen atoms in total. The van der Waals surface area contributed by atoms with Crippen LogP contribution in [0.3, 0.4) is 0 Å². The first-order valence-corrected chi connectivity index (χ1v) is 5.83. The monoisotopic (exact) mass is 236 g/mol. The van der Waals surface area contributed by atoms with E-state index in [9.17, 15) is 4.79 Å². The van der Waals surface area contributed by atoms with E-state index in [0.29, 0.717) is 24.2 Å². The number of nitrogens with one attached hydrogen (secondary N) is 1. The highest BCUT2D eigenvalue weighted by Crippen LogP contribution is 2.15. The molecule has 1 aromatic carbocycles. The molecule has 0 aliphatic carbocycles. The largest absolute Gasteiger partial charge is 0.398 e. The molecule has 1 atom stereocenters. The third-order valence-corrected chi connectivity index (χ3v) is 2.70. The highest BCUT2D eigenvalue weighted by Gasteiger charge is 2.09. The molecular formula is C13H20N2O2. The second kappa shape index (κ2) is 6.25. The third kappa shape index (κ3) is 4.07. The number of hydrogen-bond acceptors (Lipinski definition) is 3. The lowest BCUT2D eigenvalue weighted by molar-refractivity contribution is 0.0949. The van der Waals surface area contributed by atoms with Gasteiger partial charge >= 0.3 is 0 Å². The number of hydrogen-bond donors (Lipinski definition) is 3. The lowest BCUT2D eigenvalue weighted by Crippen LogP contribution is -2.26. The van der Waals surface area contributed by atoms with Crippen LogP contribution >= 0.6 is 0 Å². The summed E-state index contributed by atoms with van der Waals surface area (Å²) in [5, 5.41) is 11.9. The van der Waals surface area contributed by atoms with E-state index in [0.717, 1.165) is 12.0 Å². The Morgan fingerprint density at radius 3 is 2.88 bits per heavy atom. The van der Waals surface area contributed by atoms with Crippen LogP contribution < -0.4 is 11.1 Å². The zero-order valence-corrected chi connectivity index (χ0v) is 10.4. The molecule has 4 heteroatoms. The van der Waals surface area contributed by atoms with Crippen LogP contribution in [0.15, 0.2) is 18.2 Å². The minimum Gasteiger partial charge on any atom is -0.398 e. The van der Waals surface area contributed by atoms with Crippen molar-refractivity contribution in [3.8, 4) is 0 Å². The summed E-state index contributed by atoms with van der Waals surface area (Å²) in [4.78, 5) is 11.8. The third-order valence-electron chi connectivity index (χ3n) is 2.70. The average Bonchev–Trinajstić information content (AvgIpc) is 2.27. The summed E-state index contributed by atoms with van der Waals surface area (Å²) in [7, 11) is 0. The van der Waals surface area contributed by atoms with E-state index >= 15 is 0 Å². The Hall–Kier alpha value is -1.55. The fourth-order valence-electron chi connectivity index (χ4n) is 1.59. The van der Waals surface area contributed by atoms with Crippen molar-refractivity contribution in [2.24, 2.45) is 0 Å². The number of aliphatic hydroxyl groups excluding tert-OH is 1. The van der Waals surface area contributed by atoms with Crippen LogP contribution in [0.5, 0.6) is 0 Å². The molecule has 17 heavy (non-hydrogen) atoms. The second-order valence-electron chi connectivity index (χ2n) is 4.27. The molecule has 0 heterocycles. The smallest absolute Gasteiger partial charge is 0.251 e. The average molecular weight is 236 g/mol. The lowest BCUT2D eigenvalue weighted by Gasteiger charge is -2.09. The van der Waals surface area contributed by atoms with Crippen molar-refractivity contribution >= 4 is 11.6 Å². The molecule has 1 amide bonds. The number of carbonyl (C=O) groups excluding carboxylic acids is 1. The van der Waals surface area contributed by atoms with Crippen molar-refractivity contribution in [3.63, 3.8) is 0 Å². The molecule has 1 aromatic rings. The van der Waals surface area contributed by atoms with Gasteiger partial charge in [0.2, 0.25) is 0 Å². The van der Waals surface area contributed by atoms with Crippen LogP contribution in [0.25, 0.3) is 0 Å². The summed E-state index contributed by atoms with van der Waals surface area (Å²) in [6.45, 7) is 4.14. The molecule has 0 radical (unpaired) electrons. The highest BCUT2D eigenvalue weighted by molar-refractivity contribution is 5.96. The highest BCUT2D eigenvalue weighted by atomic mass is 16.3. The van der Waals surface area contributed by atoms with Gasteiger partial charge in [-0.2, -0.15) is 0 Å². The number of carbonyl (C=O) groups is 1. The SMILES string of the molecule is Cc1c(N)cccc1C(=O)NCCCC(C)O. The Bertz CT molecular complexity index is 389. The van der Waals surface area contributed by atoms with Gasteiger partial charge in [0.1, 0.15) is 0 Å². The number of rotatable bonds is 5. The van der Waals surface area contributed by atoms with Crippen molar-refractivity contribution in [3.05, 3.63) is 29.3 Å². The summed E-state index contributed by atoms with van der Waals surface area (Å²) >= 11 is 0. The van der Waals surface area contributed by atoms with Gasteiger partial charge in [0.25, 0.3) is 5.91 Å². The van der Waals surface area contributed by atoms with Crippen LogP contribution in [0.2, 0.25) is 0 Å². The van der Waals surface area contributed by atoms with Crippen molar-refractivity contribution in [1.29, 1.82) is 0 Å². The van der Waals surface area contributed by atoms with E-state index in [1.165, 1.54) is 0 Å². The number of amides is 1. The number of nitrogens with two attached hydrogens (primary N) is 1. The van der Waals surface area contributed by atoms with Gasteiger partial charge in [-0.15, -0.1) is 0 Å². The molecule has 4 N–H and O–H groups in total. The van der Waals surface area contributed by atoms with E-state index in [2.05, 4.69) is 5.32 Å². The molecule has 0 fully saturated rings. The molecule has 0 aliphatic rings. The zero-order valence-electron chi connectivity index (χ0n) is 10.4. The van der Waals surface area contributed by atoms with E-state index in [4.69, 9.17) is 10.8 Å². The molecule has 0 saturated heterocycles. The maximum Gasteiger partial charge on any atom is 0.251 e. The number of benzene rings is 1. The van der Waals surface area contributed by atoms with Crippen LogP contribution in [0, 0.1) is 6.92 Å². The van der Waals surface area contributed by atoms with Gasteiger partial charge in [-0.25, -0.2) is 0 Å². The van der Waals surface area contributed by atoms with Crippen molar-refractivity contribution in [1.82, 2.24) is 5.32 Å². The van der Waals surface area contributed by atoms with Crippen molar-refractivity contribution in [2.45, 2.75) is 32.8 Å². The molecular weight excluding hydrogens is 216 g/mol. The maximum atomic E-state index is 11.8. The Balaban J connectivity index is 2.50. The van der Waals surface area contributed by atoms with E-state index in [1.807, 2.05) is 6.92 Å². The van der Waals surface area contributed by atoms with E-state index in [1.54, 1.807) is 25.1 Å². The van der Waals surface area contributed by atoms with E-state index in [-0.39, 0.29) is 12.0 Å². The molecule has 0 spiro atoms. The summed E-state index contributed by atoms with van der Waals surface area (Å²) in [5.74, 6) is -0.111. The Morgan fingerprint density at radius 1 is 1.53 bits per heavy atom. The molecule has 94 valence electrons. The summed E-state index contributed by atoms with van der Waals surface area (Å²) in [6.07, 6.45) is 1.14. The van der Waals surface area contributed by atoms with Gasteiger partial charge in [0, 0.05) is 17.8 Å². The standard InChI is InChI=1S/C13H20N2O2/c1-9(16)5-4-8-15-13(17)11-6-3-7-12(14)10(11)2/h3,6-7,9,16H,4-5,8,14H2,1-2H3,(H,15,17). The minimum atomic E-state index is -0.319. The first-order chi connectivity index (χ1) is 8.02. The second-order valence-corrected chi connectivity index (χ2v) is 4.27. The summed E-state index contributed by atoms with van der Waals surface area (Å²) < 4.78 is 0. The molecule has 0 bridgehead atoms. The first-order valence-electron chi connectivity index (χ1n) is 5.83. The fourth-order valence-corrected chi connectivity index (χ4v) is 1.59. The lowest BCUT2D eigenvalue weighted by atomic mass is 10.1. The summed E-state index contributed by atoms with van der Waals surface area (Å²) in [5.41, 5.74) is 7.79. The van der Waals surface area contributed by atoms with Crippen LogP contribution in [0.4, 0.5) is 5.69 Å². The number of aliphatic hydroxyl groups is 1. The summed E-state index contributed by atoms with van der Waals surface area (Å²) in [6, 6.07) is 5.31. The Kier molecular flexibility index (Phi) is 4.97. The fraction of sp³-hybridized carbons (Fsp3) is 0.462. The van der Waals surface area contributed by atoms with Crippen LogP contribution in [-0.4, -0.2) is 23.7 Å². The van der Waals surface area contributed by atoms with Crippen molar-refractivity contribution < 1.29 is 9.90 Å². The van der Waals surface area contributed by atoms with Gasteiger partial charge in [-0.05, 0) is 44.4 Å². The number of anilines is 1. The predicted molar refractivity (Wildman–Crippen MR) is 68.8 cm³/mol. The molecule has 1 unspecified atom stereocenters. The molecule has 0 aromatic heterocycles. The van der Waals surface area contributed by atoms with Gasteiger partial charge < -0.3 is 16.2 Å². The Morgan fingerprint density at radius 2 is 2.24 bits per heavy atom. The predicted octanol–water partition coefficient (Wildman–Crippen LogP) is 1.47. The number of nitrogen functional groups attached to an aromatic ring is 1. The van der Waals surface area contributed by atoms with Crippen molar-refractivity contribution in [2.75, 3.05) is 12.3 Å². The van der Waals surface area contributed by atoms with Gasteiger partial charge in [0.15, 0.2) is 0 Å². The molecule has 0 aliphatic heterocycles. The quantitative estimate of drug-likeness (QED) is 0.535. The Labute approximate surface area is 102 Å². The van der Waals surface area contributed by atoms with Gasteiger partial charge in [0.05, 0.1) is 6.10 Å². The van der Waals surface area contributed by atoms with Crippen LogP contribution in [0.1, 0.15) is 35.7 Å². The van der Waals surface area contributed by atoms with E-state index < -0.39 is 0 Å². The first kappa shape index (κ1) is 13.5. The maximum absolute atomic E-state index is 11.8.